The topological polar surface area (TPSA) is 28.2 Å². The first-order valence-electron chi connectivity index (χ1n) is 6.63. The number of hydrogen-bond acceptors (Lipinski definition) is 0. The van der Waals surface area contributed by atoms with Crippen molar-refractivity contribution in [2.75, 3.05) is 27.2 Å². The van der Waals surface area contributed by atoms with Crippen molar-refractivity contribution in [3.8, 4) is 0 Å². The molecule has 3 heteroatoms. The zero-order valence-electron chi connectivity index (χ0n) is 12.7. The molecule has 1 aliphatic rings. The Morgan fingerprint density at radius 2 is 1.68 bits per heavy atom. The van der Waals surface area contributed by atoms with Crippen LogP contribution in [0.2, 0.25) is 5.23 Å². The van der Waals surface area contributed by atoms with E-state index in [9.17, 15) is 0 Å². The first-order valence-corrected chi connectivity index (χ1v) is 8.97. The van der Waals surface area contributed by atoms with Crippen LogP contribution < -0.4 is 0 Å². The molecule has 106 valence electrons. The van der Waals surface area contributed by atoms with E-state index in [4.69, 9.17) is 0 Å². The Bertz CT molecular complexity index is 245. The molecule has 1 rings (SSSR count). The van der Waals surface area contributed by atoms with E-state index in [1.54, 1.807) is 3.88 Å². The molecule has 0 saturated heterocycles. The summed E-state index contributed by atoms with van der Waals surface area (Å²) in [6.07, 6.45) is 13.6. The van der Waals surface area contributed by atoms with Gasteiger partial charge in [-0.05, 0) is 0 Å². The molecule has 0 unspecified atom stereocenters. The third kappa shape index (κ3) is 20.1. The molecule has 0 spiro atoms. The van der Waals surface area contributed by atoms with Crippen LogP contribution in [-0.4, -0.2) is 27.2 Å². The quantitative estimate of drug-likeness (QED) is 0.355. The van der Waals surface area contributed by atoms with E-state index in [0.29, 0.717) is 19.2 Å². The number of nitrogens with zero attached hydrogens (tertiary/aromatic N) is 2. The van der Waals surface area contributed by atoms with Crippen LogP contribution in [0.5, 0.6) is 0 Å². The Morgan fingerprint density at radius 3 is 1.84 bits per heavy atom. The fourth-order valence-electron chi connectivity index (χ4n) is 1.07. The molecule has 0 aromatic rings. The molecule has 0 amide bonds. The molecule has 0 saturated carbocycles. The minimum absolute atomic E-state index is 0.292. The van der Waals surface area contributed by atoms with Gasteiger partial charge < -0.3 is 10.6 Å². The van der Waals surface area contributed by atoms with Gasteiger partial charge in [0.1, 0.15) is 0 Å². The van der Waals surface area contributed by atoms with E-state index in [0.717, 1.165) is 25.9 Å². The van der Waals surface area contributed by atoms with Gasteiger partial charge >= 0.3 is 52.9 Å². The van der Waals surface area contributed by atoms with Gasteiger partial charge in [0, 0.05) is 0 Å². The zero-order valence-corrected chi connectivity index (χ0v) is 14.3. The summed E-state index contributed by atoms with van der Waals surface area (Å²) in [4.78, 5) is 0. The van der Waals surface area contributed by atoms with E-state index in [2.05, 4.69) is 47.2 Å². The summed E-state index contributed by atoms with van der Waals surface area (Å²) in [6, 6.07) is 0. The fourth-order valence-corrected chi connectivity index (χ4v) is 1.99. The van der Waals surface area contributed by atoms with Crippen LogP contribution >= 0.6 is 0 Å². The molecule has 0 bridgehead atoms. The van der Waals surface area contributed by atoms with Crippen molar-refractivity contribution in [1.82, 2.24) is 0 Å². The second kappa shape index (κ2) is 19.9. The van der Waals surface area contributed by atoms with Crippen molar-refractivity contribution in [2.45, 2.75) is 24.5 Å². The van der Waals surface area contributed by atoms with Crippen molar-refractivity contribution in [2.24, 2.45) is 0 Å². The van der Waals surface area contributed by atoms with E-state index in [1.807, 2.05) is 26.2 Å². The molecule has 0 heterocycles. The Labute approximate surface area is 129 Å². The molecule has 0 aromatic heterocycles. The zero-order chi connectivity index (χ0) is 14.8. The number of rotatable bonds is 7. The van der Waals surface area contributed by atoms with Crippen LogP contribution in [0, 0.1) is 0 Å². The summed E-state index contributed by atoms with van der Waals surface area (Å²) in [5.74, 6) is 0. The third-order valence-electron chi connectivity index (χ3n) is 2.21. The van der Waals surface area contributed by atoms with Gasteiger partial charge in [-0.15, -0.1) is 26.2 Å². The predicted molar refractivity (Wildman–Crippen MR) is 85.6 cm³/mol. The van der Waals surface area contributed by atoms with Gasteiger partial charge in [0.15, 0.2) is 0 Å². The average Bonchev–Trinajstić information content (AvgIpc) is 2.97. The van der Waals surface area contributed by atoms with E-state index in [1.165, 1.54) is 6.42 Å². The van der Waals surface area contributed by atoms with Gasteiger partial charge in [-0.25, -0.2) is 0 Å². The number of hydrogen-bond donors (Lipinski definition) is 0. The van der Waals surface area contributed by atoms with Gasteiger partial charge in [-0.2, -0.15) is 14.1 Å². The van der Waals surface area contributed by atoms with Crippen molar-refractivity contribution >= 4 is 0 Å². The second-order valence-corrected chi connectivity index (χ2v) is 5.59. The van der Waals surface area contributed by atoms with E-state index >= 15 is 0 Å². The van der Waals surface area contributed by atoms with Gasteiger partial charge in [-0.1, -0.05) is 25.0 Å². The first kappa shape index (κ1) is 20.9. The molecule has 0 fully saturated rings. The second-order valence-electron chi connectivity index (χ2n) is 3.81. The summed E-state index contributed by atoms with van der Waals surface area (Å²) >= 11 is 0.292. The SMILES string of the molecule is C=CCC[N-]C.C=CCC[N-]C.[CH3][Ti+2][C]1=CC=CC1. The maximum atomic E-state index is 3.85. The van der Waals surface area contributed by atoms with Crippen LogP contribution in [0.4, 0.5) is 0 Å². The summed E-state index contributed by atoms with van der Waals surface area (Å²) in [5, 5.41) is 10.0. The van der Waals surface area contributed by atoms with Crippen LogP contribution in [0.3, 0.4) is 0 Å². The van der Waals surface area contributed by atoms with Crippen molar-refractivity contribution in [3.63, 3.8) is 0 Å². The normalized spacial score (nSPS) is 11.2. The average molecular weight is 296 g/mol. The van der Waals surface area contributed by atoms with Crippen LogP contribution in [-0.2, 0) is 19.2 Å². The first-order chi connectivity index (χ1) is 9.26. The number of allylic oxidation sites excluding steroid dienone is 4. The maximum absolute atomic E-state index is 3.85. The summed E-state index contributed by atoms with van der Waals surface area (Å²) < 4.78 is 1.68. The minimum atomic E-state index is 0.292. The summed E-state index contributed by atoms with van der Waals surface area (Å²) in [6.45, 7) is 8.92. The van der Waals surface area contributed by atoms with Gasteiger partial charge in [-0.3, -0.25) is 0 Å². The Balaban J connectivity index is 0. The molecule has 19 heavy (non-hydrogen) atoms. The van der Waals surface area contributed by atoms with E-state index in [-0.39, 0.29) is 0 Å². The van der Waals surface area contributed by atoms with Gasteiger partial charge in [0.05, 0.1) is 0 Å². The van der Waals surface area contributed by atoms with Crippen molar-refractivity contribution in [3.05, 3.63) is 58.0 Å². The molecule has 1 aliphatic carbocycles. The fraction of sp³-hybridized carbons (Fsp3) is 0.500. The van der Waals surface area contributed by atoms with Crippen LogP contribution in [0.1, 0.15) is 19.3 Å². The Morgan fingerprint density at radius 1 is 1.16 bits per heavy atom. The van der Waals surface area contributed by atoms with Crippen molar-refractivity contribution < 1.29 is 19.2 Å². The molecular weight excluding hydrogens is 268 g/mol. The Kier molecular flexibility index (Phi) is 21.9. The summed E-state index contributed by atoms with van der Waals surface area (Å²) in [5.41, 5.74) is 0. The Hall–Kier alpha value is -0.406. The van der Waals surface area contributed by atoms with Gasteiger partial charge in [0.25, 0.3) is 0 Å². The van der Waals surface area contributed by atoms with Crippen molar-refractivity contribution in [1.29, 1.82) is 0 Å². The molecule has 0 N–H and O–H groups in total. The van der Waals surface area contributed by atoms with Crippen LogP contribution in [0.15, 0.2) is 47.4 Å². The molecule has 0 aliphatic heterocycles. The summed E-state index contributed by atoms with van der Waals surface area (Å²) in [7, 11) is 3.62. The standard InChI is InChI=1S/2C5H10N.C5H5.CH3.Ti/c2*1-3-4-5-6-2;1-2-4-5-3-1;;/h2*3H,1,4-5H2,2H3;1-3H,4H2;1H3;/q2*-1;;;+2. The van der Waals surface area contributed by atoms with E-state index < -0.39 is 0 Å². The predicted octanol–water partition coefficient (Wildman–Crippen LogP) is 5.09. The molecule has 0 atom stereocenters. The molecule has 0 radical (unpaired) electrons. The molecule has 0 aromatic carbocycles. The van der Waals surface area contributed by atoms with Gasteiger partial charge in [0.2, 0.25) is 0 Å². The monoisotopic (exact) mass is 296 g/mol. The molecular formula is C16H28N2Ti. The van der Waals surface area contributed by atoms with Crippen LogP contribution in [0.25, 0.3) is 10.6 Å². The molecule has 2 nitrogen and oxygen atoms in total. The third-order valence-corrected chi connectivity index (χ3v) is 3.79.